The van der Waals surface area contributed by atoms with Gasteiger partial charge in [-0.05, 0) is 36.2 Å². The Morgan fingerprint density at radius 1 is 1.00 bits per heavy atom. The van der Waals surface area contributed by atoms with Gasteiger partial charge in [0.15, 0.2) is 0 Å². The van der Waals surface area contributed by atoms with E-state index in [1.54, 1.807) is 6.07 Å². The van der Waals surface area contributed by atoms with Gasteiger partial charge in [0.2, 0.25) is 0 Å². The maximum absolute atomic E-state index is 11.0. The van der Waals surface area contributed by atoms with Crippen molar-refractivity contribution in [1.82, 2.24) is 4.90 Å². The monoisotopic (exact) mass is 303 g/mol. The highest BCUT2D eigenvalue weighted by Crippen LogP contribution is 2.24. The van der Waals surface area contributed by atoms with Crippen LogP contribution >= 0.6 is 0 Å². The van der Waals surface area contributed by atoms with Gasteiger partial charge in [-0.15, -0.1) is 0 Å². The summed E-state index contributed by atoms with van der Waals surface area (Å²) in [7, 11) is 0. The molecule has 1 aliphatic rings. The van der Waals surface area contributed by atoms with Crippen LogP contribution in [0.5, 0.6) is 0 Å². The van der Waals surface area contributed by atoms with Crippen LogP contribution in [0.1, 0.15) is 79.8 Å². The van der Waals surface area contributed by atoms with Gasteiger partial charge in [0.1, 0.15) is 0 Å². The molecule has 0 saturated heterocycles. The van der Waals surface area contributed by atoms with Gasteiger partial charge in [0, 0.05) is 13.1 Å². The molecule has 3 heteroatoms. The normalized spacial score (nSPS) is 14.2. The van der Waals surface area contributed by atoms with Crippen LogP contribution in [-0.2, 0) is 13.1 Å². The molecule has 1 N–H and O–H groups in total. The van der Waals surface area contributed by atoms with Crippen LogP contribution in [0, 0.1) is 0 Å². The maximum Gasteiger partial charge on any atom is 0.335 e. The average molecular weight is 303 g/mol. The van der Waals surface area contributed by atoms with Crippen molar-refractivity contribution in [2.75, 3.05) is 6.54 Å². The molecule has 0 fully saturated rings. The van der Waals surface area contributed by atoms with E-state index in [-0.39, 0.29) is 0 Å². The van der Waals surface area contributed by atoms with Gasteiger partial charge in [-0.1, -0.05) is 57.9 Å². The summed E-state index contributed by atoms with van der Waals surface area (Å²) in [6.45, 7) is 5.28. The van der Waals surface area contributed by atoms with Crippen molar-refractivity contribution in [3.63, 3.8) is 0 Å². The molecular formula is C19H29NO2. The third-order valence-electron chi connectivity index (χ3n) is 4.57. The Labute approximate surface area is 134 Å². The van der Waals surface area contributed by atoms with Crippen molar-refractivity contribution in [3.05, 3.63) is 34.9 Å². The number of carboxylic acids is 1. The fourth-order valence-electron chi connectivity index (χ4n) is 3.23. The first kappa shape index (κ1) is 17.0. The van der Waals surface area contributed by atoms with Crippen molar-refractivity contribution in [2.45, 2.75) is 71.4 Å². The van der Waals surface area contributed by atoms with E-state index < -0.39 is 5.97 Å². The molecule has 0 amide bonds. The molecule has 0 spiro atoms. The van der Waals surface area contributed by atoms with E-state index in [1.807, 2.05) is 12.1 Å². The summed E-state index contributed by atoms with van der Waals surface area (Å²) in [4.78, 5) is 13.4. The highest BCUT2D eigenvalue weighted by Gasteiger charge is 2.19. The van der Waals surface area contributed by atoms with Crippen molar-refractivity contribution in [1.29, 1.82) is 0 Å². The molecule has 0 aliphatic carbocycles. The van der Waals surface area contributed by atoms with Gasteiger partial charge in [0.25, 0.3) is 0 Å². The molecule has 0 bridgehead atoms. The first-order valence-corrected chi connectivity index (χ1v) is 8.78. The molecule has 1 aliphatic heterocycles. The molecule has 2 rings (SSSR count). The lowest BCUT2D eigenvalue weighted by molar-refractivity contribution is 0.0696. The van der Waals surface area contributed by atoms with Gasteiger partial charge in [-0.2, -0.15) is 0 Å². The second kappa shape index (κ2) is 8.94. The Kier molecular flexibility index (Phi) is 6.91. The summed E-state index contributed by atoms with van der Waals surface area (Å²) in [5.41, 5.74) is 2.90. The van der Waals surface area contributed by atoms with Crippen LogP contribution < -0.4 is 0 Å². The fourth-order valence-corrected chi connectivity index (χ4v) is 3.23. The molecule has 0 atom stereocenters. The number of hydrogen-bond acceptors (Lipinski definition) is 2. The Morgan fingerprint density at radius 3 is 2.32 bits per heavy atom. The number of aromatic carboxylic acids is 1. The molecule has 0 saturated carbocycles. The molecule has 3 nitrogen and oxygen atoms in total. The van der Waals surface area contributed by atoms with E-state index in [9.17, 15) is 4.79 Å². The van der Waals surface area contributed by atoms with E-state index in [4.69, 9.17) is 5.11 Å². The Morgan fingerprint density at radius 2 is 1.64 bits per heavy atom. The largest absolute Gasteiger partial charge is 0.478 e. The van der Waals surface area contributed by atoms with E-state index in [2.05, 4.69) is 11.8 Å². The number of carboxylic acid groups (broad SMARTS) is 1. The van der Waals surface area contributed by atoms with Crippen molar-refractivity contribution in [2.24, 2.45) is 0 Å². The highest BCUT2D eigenvalue weighted by molar-refractivity contribution is 5.87. The van der Waals surface area contributed by atoms with Crippen molar-refractivity contribution < 1.29 is 9.90 Å². The van der Waals surface area contributed by atoms with Crippen LogP contribution in [0.3, 0.4) is 0 Å². The van der Waals surface area contributed by atoms with Crippen molar-refractivity contribution in [3.8, 4) is 0 Å². The highest BCUT2D eigenvalue weighted by atomic mass is 16.4. The van der Waals surface area contributed by atoms with E-state index in [0.717, 1.165) is 19.6 Å². The quantitative estimate of drug-likeness (QED) is 0.629. The van der Waals surface area contributed by atoms with Crippen molar-refractivity contribution >= 4 is 5.97 Å². The van der Waals surface area contributed by atoms with Gasteiger partial charge in [-0.3, -0.25) is 4.90 Å². The zero-order chi connectivity index (χ0) is 15.8. The standard InChI is InChI=1S/C19H29NO2/c1-2-3-4-5-6-7-8-9-12-20-14-17-11-10-16(19(21)22)13-18(17)15-20/h10-11,13H,2-9,12,14-15H2,1H3,(H,21,22). The van der Waals surface area contributed by atoms with Gasteiger partial charge >= 0.3 is 5.97 Å². The Bertz CT molecular complexity index is 484. The molecule has 22 heavy (non-hydrogen) atoms. The summed E-state index contributed by atoms with van der Waals surface area (Å²) >= 11 is 0. The number of hydrogen-bond donors (Lipinski definition) is 1. The number of fused-ring (bicyclic) bond motifs is 1. The first-order valence-electron chi connectivity index (χ1n) is 8.78. The molecule has 0 unspecified atom stereocenters. The molecular weight excluding hydrogens is 274 g/mol. The number of rotatable bonds is 10. The van der Waals surface area contributed by atoms with Gasteiger partial charge < -0.3 is 5.11 Å². The molecule has 1 aromatic carbocycles. The predicted molar refractivity (Wildman–Crippen MR) is 90.1 cm³/mol. The third kappa shape index (κ3) is 5.13. The fraction of sp³-hybridized carbons (Fsp3) is 0.632. The second-order valence-corrected chi connectivity index (χ2v) is 6.47. The smallest absolute Gasteiger partial charge is 0.335 e. The summed E-state index contributed by atoms with van der Waals surface area (Å²) in [6.07, 6.45) is 10.8. The minimum absolute atomic E-state index is 0.410. The van der Waals surface area contributed by atoms with Gasteiger partial charge in [-0.25, -0.2) is 4.79 Å². The second-order valence-electron chi connectivity index (χ2n) is 6.47. The number of carbonyl (C=O) groups is 1. The van der Waals surface area contributed by atoms with Crippen LogP contribution in [0.15, 0.2) is 18.2 Å². The predicted octanol–water partition coefficient (Wildman–Crippen LogP) is 4.84. The SMILES string of the molecule is CCCCCCCCCCN1Cc2ccc(C(=O)O)cc2C1. The zero-order valence-electron chi connectivity index (χ0n) is 13.8. The van der Waals surface area contributed by atoms with Gasteiger partial charge in [0.05, 0.1) is 5.56 Å². The first-order chi connectivity index (χ1) is 10.7. The lowest BCUT2D eigenvalue weighted by Crippen LogP contribution is -2.17. The zero-order valence-corrected chi connectivity index (χ0v) is 13.8. The summed E-state index contributed by atoms with van der Waals surface area (Å²) in [5, 5.41) is 9.05. The lowest BCUT2D eigenvalue weighted by Gasteiger charge is -2.14. The van der Waals surface area contributed by atoms with E-state index >= 15 is 0 Å². The maximum atomic E-state index is 11.0. The number of benzene rings is 1. The van der Waals surface area contributed by atoms with E-state index in [1.165, 1.54) is 62.5 Å². The Hall–Kier alpha value is -1.35. The molecule has 1 heterocycles. The van der Waals surface area contributed by atoms with Crippen LogP contribution in [0.2, 0.25) is 0 Å². The Balaban J connectivity index is 1.62. The minimum atomic E-state index is -0.829. The molecule has 1 aromatic rings. The summed E-state index contributed by atoms with van der Waals surface area (Å²) < 4.78 is 0. The number of nitrogens with zero attached hydrogens (tertiary/aromatic N) is 1. The van der Waals surface area contributed by atoms with Crippen LogP contribution in [0.4, 0.5) is 0 Å². The molecule has 0 aromatic heterocycles. The van der Waals surface area contributed by atoms with Crippen LogP contribution in [0.25, 0.3) is 0 Å². The average Bonchev–Trinajstić information content (AvgIpc) is 2.91. The topological polar surface area (TPSA) is 40.5 Å². The van der Waals surface area contributed by atoms with E-state index in [0.29, 0.717) is 5.56 Å². The summed E-state index contributed by atoms with van der Waals surface area (Å²) in [6, 6.07) is 5.54. The third-order valence-corrected chi connectivity index (χ3v) is 4.57. The molecule has 0 radical (unpaired) electrons. The lowest BCUT2D eigenvalue weighted by atomic mass is 10.1. The van der Waals surface area contributed by atoms with Crippen LogP contribution in [-0.4, -0.2) is 22.5 Å². The summed E-state index contributed by atoms with van der Waals surface area (Å²) in [5.74, 6) is -0.829. The molecule has 122 valence electrons. The number of unbranched alkanes of at least 4 members (excludes halogenated alkanes) is 7. The minimum Gasteiger partial charge on any atom is -0.478 e.